The van der Waals surface area contributed by atoms with Crippen LogP contribution in [0.3, 0.4) is 0 Å². The van der Waals surface area contributed by atoms with E-state index in [4.69, 9.17) is 11.5 Å². The molecule has 0 radical (unpaired) electrons. The van der Waals surface area contributed by atoms with Crippen LogP contribution in [0.1, 0.15) is 37.7 Å². The fraction of sp³-hybridized carbons (Fsp3) is 0.600. The lowest BCUT2D eigenvalue weighted by atomic mass is 10.0. The summed E-state index contributed by atoms with van der Waals surface area (Å²) in [4.78, 5) is 50.8. The van der Waals surface area contributed by atoms with Crippen LogP contribution in [0.2, 0.25) is 0 Å². The van der Waals surface area contributed by atoms with Gasteiger partial charge in [-0.05, 0) is 73.9 Å². The minimum absolute atomic E-state index is 0.0458. The van der Waals surface area contributed by atoms with Gasteiger partial charge in [-0.15, -0.1) is 0 Å². The summed E-state index contributed by atoms with van der Waals surface area (Å²) in [7, 11) is 0. The van der Waals surface area contributed by atoms with Crippen molar-refractivity contribution in [2.45, 2.75) is 62.7 Å². The van der Waals surface area contributed by atoms with Gasteiger partial charge >= 0.3 is 5.97 Å². The van der Waals surface area contributed by atoms with Crippen LogP contribution in [0.25, 0.3) is 0 Å². The van der Waals surface area contributed by atoms with Crippen LogP contribution in [0.4, 0.5) is 0 Å². The third kappa shape index (κ3) is 12.9. The van der Waals surface area contributed by atoms with Crippen LogP contribution in [0.5, 0.6) is 5.75 Å². The van der Waals surface area contributed by atoms with Crippen molar-refractivity contribution in [1.29, 1.82) is 0 Å². The van der Waals surface area contributed by atoms with Crippen molar-refractivity contribution in [3.05, 3.63) is 29.8 Å². The molecule has 11 nitrogen and oxygen atoms in total. The predicted octanol–water partition coefficient (Wildman–Crippen LogP) is 0.436. The number of benzene rings is 1. The zero-order valence-electron chi connectivity index (χ0n) is 22.0. The fourth-order valence-electron chi connectivity index (χ4n) is 3.54. The summed E-state index contributed by atoms with van der Waals surface area (Å²) in [6, 6.07) is 2.17. The smallest absolute Gasteiger partial charge is 0.326 e. The number of carboxylic acid groups (broad SMARTS) is 1. The molecule has 214 valence electrons. The average molecular weight is 572 g/mol. The summed E-state index contributed by atoms with van der Waals surface area (Å²) in [6.07, 6.45) is 6.14. The molecule has 4 unspecified atom stereocenters. The highest BCUT2D eigenvalue weighted by Gasteiger charge is 2.30. The number of thioether (sulfide) groups is 2. The van der Waals surface area contributed by atoms with E-state index in [1.807, 2.05) is 12.5 Å². The summed E-state index contributed by atoms with van der Waals surface area (Å²) in [5.74, 6) is -1.72. The SMILES string of the molecule is CSCCC(NC(=O)C(Cc1ccc(O)cc1)NC(=O)C(CCSC)NC(=O)C(N)CCCCN)C(=O)O. The Bertz CT molecular complexity index is 889. The van der Waals surface area contributed by atoms with Crippen LogP contribution in [-0.2, 0) is 25.6 Å². The molecule has 0 spiro atoms. The van der Waals surface area contributed by atoms with Gasteiger partial charge in [0.2, 0.25) is 17.7 Å². The van der Waals surface area contributed by atoms with Crippen LogP contribution in [0.15, 0.2) is 24.3 Å². The molecular formula is C25H41N5O6S2. The Kier molecular flexibility index (Phi) is 16.5. The molecule has 0 aromatic heterocycles. The zero-order valence-corrected chi connectivity index (χ0v) is 23.6. The molecule has 1 aromatic carbocycles. The molecule has 0 bridgehead atoms. The lowest BCUT2D eigenvalue weighted by molar-refractivity contribution is -0.142. The minimum Gasteiger partial charge on any atom is -0.508 e. The van der Waals surface area contributed by atoms with Crippen molar-refractivity contribution >= 4 is 47.2 Å². The van der Waals surface area contributed by atoms with Crippen LogP contribution < -0.4 is 27.4 Å². The molecule has 0 fully saturated rings. The Morgan fingerprint density at radius 3 is 1.89 bits per heavy atom. The molecule has 4 atom stereocenters. The number of phenolic OH excluding ortho intramolecular Hbond substituents is 1. The number of hydrogen-bond donors (Lipinski definition) is 7. The summed E-state index contributed by atoms with van der Waals surface area (Å²) >= 11 is 2.96. The molecule has 0 aliphatic heterocycles. The van der Waals surface area contributed by atoms with E-state index in [2.05, 4.69) is 16.0 Å². The third-order valence-corrected chi connectivity index (χ3v) is 7.07. The fourth-order valence-corrected chi connectivity index (χ4v) is 4.48. The molecule has 13 heteroatoms. The maximum Gasteiger partial charge on any atom is 0.326 e. The topological polar surface area (TPSA) is 197 Å². The number of aromatic hydroxyl groups is 1. The number of carbonyl (C=O) groups excluding carboxylic acids is 3. The standard InChI is InChI=1S/C25H41N5O6S2/c1-37-13-10-19(28-22(32)18(27)5-3-4-12-26)23(33)30-21(15-16-6-8-17(31)9-7-16)24(34)29-20(25(35)36)11-14-38-2/h6-9,18-21,31H,3-5,10-15,26-27H2,1-2H3,(H,28,32)(H,29,34)(H,30,33)(H,35,36). The number of aliphatic carboxylic acids is 1. The molecule has 0 aliphatic rings. The van der Waals surface area contributed by atoms with Gasteiger partial charge < -0.3 is 37.6 Å². The molecule has 3 amide bonds. The minimum atomic E-state index is -1.17. The molecule has 0 heterocycles. The maximum atomic E-state index is 13.3. The molecule has 38 heavy (non-hydrogen) atoms. The highest BCUT2D eigenvalue weighted by Crippen LogP contribution is 2.13. The van der Waals surface area contributed by atoms with Gasteiger partial charge in [-0.3, -0.25) is 14.4 Å². The number of amides is 3. The zero-order chi connectivity index (χ0) is 28.5. The summed E-state index contributed by atoms with van der Waals surface area (Å²) in [5, 5.41) is 27.0. The van der Waals surface area contributed by atoms with Gasteiger partial charge in [-0.25, -0.2) is 4.79 Å². The number of rotatable bonds is 19. The predicted molar refractivity (Wildman–Crippen MR) is 152 cm³/mol. The molecule has 0 aliphatic carbocycles. The van der Waals surface area contributed by atoms with Gasteiger partial charge in [0.05, 0.1) is 6.04 Å². The molecule has 1 rings (SSSR count). The number of hydrogen-bond acceptors (Lipinski definition) is 9. The third-order valence-electron chi connectivity index (χ3n) is 5.78. The van der Waals surface area contributed by atoms with Gasteiger partial charge in [-0.1, -0.05) is 18.6 Å². The molecule has 1 aromatic rings. The second-order valence-corrected chi connectivity index (χ2v) is 10.8. The van der Waals surface area contributed by atoms with Crippen molar-refractivity contribution < 1.29 is 29.4 Å². The molecule has 0 saturated carbocycles. The monoisotopic (exact) mass is 571 g/mol. The average Bonchev–Trinajstić information content (AvgIpc) is 2.89. The first-order chi connectivity index (χ1) is 18.1. The molecule has 0 saturated heterocycles. The highest BCUT2D eigenvalue weighted by molar-refractivity contribution is 7.98. The normalized spacial score (nSPS) is 14.1. The number of nitrogens with two attached hydrogens (primary N) is 2. The van der Waals surface area contributed by atoms with Gasteiger partial charge in [0, 0.05) is 6.42 Å². The van der Waals surface area contributed by atoms with E-state index < -0.39 is 47.9 Å². The van der Waals surface area contributed by atoms with Crippen molar-refractivity contribution in [3.8, 4) is 5.75 Å². The van der Waals surface area contributed by atoms with Crippen molar-refractivity contribution in [2.24, 2.45) is 11.5 Å². The number of unbranched alkanes of at least 4 members (excludes halogenated alkanes) is 1. The largest absolute Gasteiger partial charge is 0.508 e. The van der Waals surface area contributed by atoms with Crippen molar-refractivity contribution in [2.75, 3.05) is 30.6 Å². The van der Waals surface area contributed by atoms with Gasteiger partial charge in [0.15, 0.2) is 0 Å². The van der Waals surface area contributed by atoms with Gasteiger partial charge in [-0.2, -0.15) is 23.5 Å². The van der Waals surface area contributed by atoms with Gasteiger partial charge in [0.1, 0.15) is 23.9 Å². The molecular weight excluding hydrogens is 530 g/mol. The van der Waals surface area contributed by atoms with Crippen molar-refractivity contribution in [1.82, 2.24) is 16.0 Å². The second kappa shape index (κ2) is 18.7. The molecule has 9 N–H and O–H groups in total. The Labute approximate surface area is 232 Å². The maximum absolute atomic E-state index is 13.3. The lowest BCUT2D eigenvalue weighted by Crippen LogP contribution is -2.57. The Balaban J connectivity index is 3.07. The number of phenols is 1. The summed E-state index contributed by atoms with van der Waals surface area (Å²) < 4.78 is 0. The van der Waals surface area contributed by atoms with E-state index in [0.29, 0.717) is 42.9 Å². The Morgan fingerprint density at radius 2 is 1.34 bits per heavy atom. The number of carbonyl (C=O) groups is 4. The Morgan fingerprint density at radius 1 is 0.816 bits per heavy atom. The Hall–Kier alpha value is -2.48. The summed E-state index contributed by atoms with van der Waals surface area (Å²) in [6.45, 7) is 0.498. The highest BCUT2D eigenvalue weighted by atomic mass is 32.2. The van der Waals surface area contributed by atoms with Crippen LogP contribution in [0, 0.1) is 0 Å². The first kappa shape index (κ1) is 33.5. The first-order valence-corrected chi connectivity index (χ1v) is 15.3. The van der Waals surface area contributed by atoms with Crippen molar-refractivity contribution in [3.63, 3.8) is 0 Å². The number of nitrogens with one attached hydrogen (secondary N) is 3. The van der Waals surface area contributed by atoms with E-state index in [-0.39, 0.29) is 18.6 Å². The lowest BCUT2D eigenvalue weighted by Gasteiger charge is -2.25. The van der Waals surface area contributed by atoms with Crippen LogP contribution in [-0.4, -0.2) is 88.6 Å². The second-order valence-electron chi connectivity index (χ2n) is 8.85. The van der Waals surface area contributed by atoms with E-state index in [0.717, 1.165) is 6.42 Å². The quantitative estimate of drug-likeness (QED) is 0.114. The van der Waals surface area contributed by atoms with E-state index >= 15 is 0 Å². The van der Waals surface area contributed by atoms with E-state index in [1.165, 1.54) is 35.7 Å². The first-order valence-electron chi connectivity index (χ1n) is 12.5. The van der Waals surface area contributed by atoms with Gasteiger partial charge in [0.25, 0.3) is 0 Å². The van der Waals surface area contributed by atoms with E-state index in [1.54, 1.807) is 12.1 Å². The number of carboxylic acids is 1. The van der Waals surface area contributed by atoms with E-state index in [9.17, 15) is 29.4 Å². The van der Waals surface area contributed by atoms with Crippen LogP contribution >= 0.6 is 23.5 Å². The summed E-state index contributed by atoms with van der Waals surface area (Å²) in [5.41, 5.74) is 12.1.